The first kappa shape index (κ1) is 17.1. The Morgan fingerprint density at radius 1 is 1.00 bits per heavy atom. The molecule has 0 unspecified atom stereocenters. The van der Waals surface area contributed by atoms with E-state index in [9.17, 15) is 4.79 Å². The predicted molar refractivity (Wildman–Crippen MR) is 92.3 cm³/mol. The molecule has 0 bridgehead atoms. The number of hydrogen-bond donors (Lipinski definition) is 0. The summed E-state index contributed by atoms with van der Waals surface area (Å²) in [6, 6.07) is 12.9. The molecule has 0 atom stereocenters. The Labute approximate surface area is 138 Å². The van der Waals surface area contributed by atoms with Crippen LogP contribution in [0.3, 0.4) is 0 Å². The maximum atomic E-state index is 12.3. The molecule has 2 aromatic carbocycles. The van der Waals surface area contributed by atoms with Crippen LogP contribution < -0.4 is 9.47 Å². The van der Waals surface area contributed by atoms with Gasteiger partial charge in [0.25, 0.3) is 0 Å². The Bertz CT molecular complexity index is 637. The number of aryl methyl sites for hydroxylation is 2. The molecule has 0 aliphatic rings. The van der Waals surface area contributed by atoms with Crippen LogP contribution in [0.25, 0.3) is 0 Å². The zero-order valence-corrected chi connectivity index (χ0v) is 14.3. The van der Waals surface area contributed by atoms with E-state index in [1.54, 1.807) is 12.1 Å². The van der Waals surface area contributed by atoms with Gasteiger partial charge in [-0.25, -0.2) is 4.79 Å². The van der Waals surface area contributed by atoms with Gasteiger partial charge in [-0.2, -0.15) is 0 Å². The van der Waals surface area contributed by atoms with Crippen LogP contribution in [0.15, 0.2) is 42.5 Å². The second-order valence-corrected chi connectivity index (χ2v) is 6.17. The van der Waals surface area contributed by atoms with Crippen molar-refractivity contribution in [3.8, 4) is 11.5 Å². The van der Waals surface area contributed by atoms with E-state index in [0.717, 1.165) is 23.3 Å². The van der Waals surface area contributed by atoms with Gasteiger partial charge in [0.1, 0.15) is 11.5 Å². The van der Waals surface area contributed by atoms with Crippen LogP contribution in [-0.2, 0) is 0 Å². The van der Waals surface area contributed by atoms with E-state index in [0.29, 0.717) is 23.8 Å². The van der Waals surface area contributed by atoms with E-state index in [-0.39, 0.29) is 5.97 Å². The molecule has 2 aromatic rings. The van der Waals surface area contributed by atoms with Gasteiger partial charge >= 0.3 is 5.97 Å². The zero-order valence-electron chi connectivity index (χ0n) is 14.3. The molecule has 0 aromatic heterocycles. The highest BCUT2D eigenvalue weighted by atomic mass is 16.5. The van der Waals surface area contributed by atoms with Gasteiger partial charge in [0.2, 0.25) is 0 Å². The third-order valence-electron chi connectivity index (χ3n) is 3.66. The van der Waals surface area contributed by atoms with E-state index < -0.39 is 0 Å². The average Bonchev–Trinajstić information content (AvgIpc) is 2.51. The number of carbonyl (C=O) groups excluding carboxylic acids is 1. The molecular formula is C20H24O3. The molecule has 0 spiro atoms. The molecule has 0 saturated heterocycles. The average molecular weight is 312 g/mol. The van der Waals surface area contributed by atoms with Crippen molar-refractivity contribution in [2.75, 3.05) is 6.61 Å². The van der Waals surface area contributed by atoms with Crippen molar-refractivity contribution in [1.29, 1.82) is 0 Å². The Hall–Kier alpha value is -2.29. The summed E-state index contributed by atoms with van der Waals surface area (Å²) < 4.78 is 11.2. The van der Waals surface area contributed by atoms with Crippen LogP contribution >= 0.6 is 0 Å². The lowest BCUT2D eigenvalue weighted by Crippen LogP contribution is -2.10. The standard InChI is InChI=1S/C20H24O3/c1-14(2)12-13-22-18-10-8-17(9-11-18)20(21)23-19-15(3)6-5-7-16(19)4/h5-11,14H,12-13H2,1-4H3. The molecule has 0 aliphatic heterocycles. The highest BCUT2D eigenvalue weighted by Gasteiger charge is 2.12. The third-order valence-corrected chi connectivity index (χ3v) is 3.66. The lowest BCUT2D eigenvalue weighted by molar-refractivity contribution is 0.0732. The summed E-state index contributed by atoms with van der Waals surface area (Å²) in [5, 5.41) is 0. The van der Waals surface area contributed by atoms with Crippen molar-refractivity contribution >= 4 is 5.97 Å². The molecule has 122 valence electrons. The Kier molecular flexibility index (Phi) is 5.80. The SMILES string of the molecule is Cc1cccc(C)c1OC(=O)c1ccc(OCCC(C)C)cc1. The van der Waals surface area contributed by atoms with Gasteiger partial charge in [0.15, 0.2) is 0 Å². The largest absolute Gasteiger partial charge is 0.494 e. The van der Waals surface area contributed by atoms with Crippen molar-refractivity contribution in [3.05, 3.63) is 59.2 Å². The first-order valence-electron chi connectivity index (χ1n) is 7.98. The fourth-order valence-electron chi connectivity index (χ4n) is 2.21. The lowest BCUT2D eigenvalue weighted by atomic mass is 10.1. The molecule has 3 nitrogen and oxygen atoms in total. The lowest BCUT2D eigenvalue weighted by Gasteiger charge is -2.11. The summed E-state index contributed by atoms with van der Waals surface area (Å²) in [5.41, 5.74) is 2.42. The van der Waals surface area contributed by atoms with Crippen molar-refractivity contribution in [1.82, 2.24) is 0 Å². The molecule has 0 heterocycles. The number of esters is 1. The molecule has 0 aliphatic carbocycles. The number of rotatable bonds is 6. The molecule has 0 radical (unpaired) electrons. The van der Waals surface area contributed by atoms with E-state index in [1.165, 1.54) is 0 Å². The monoisotopic (exact) mass is 312 g/mol. The van der Waals surface area contributed by atoms with Crippen LogP contribution in [0.2, 0.25) is 0 Å². The normalized spacial score (nSPS) is 10.7. The molecule has 3 heteroatoms. The summed E-state index contributed by atoms with van der Waals surface area (Å²) >= 11 is 0. The fourth-order valence-corrected chi connectivity index (χ4v) is 2.21. The van der Waals surface area contributed by atoms with Crippen molar-refractivity contribution in [2.45, 2.75) is 34.1 Å². The third kappa shape index (κ3) is 4.85. The fraction of sp³-hybridized carbons (Fsp3) is 0.350. The van der Waals surface area contributed by atoms with E-state index in [4.69, 9.17) is 9.47 Å². The van der Waals surface area contributed by atoms with Gasteiger partial charge in [-0.1, -0.05) is 32.0 Å². The highest BCUT2D eigenvalue weighted by molar-refractivity contribution is 5.91. The van der Waals surface area contributed by atoms with E-state index in [1.807, 2.05) is 44.2 Å². The predicted octanol–water partition coefficient (Wildman–Crippen LogP) is 4.95. The smallest absolute Gasteiger partial charge is 0.343 e. The molecule has 0 fully saturated rings. The maximum absolute atomic E-state index is 12.3. The summed E-state index contributed by atoms with van der Waals surface area (Å²) in [5.74, 6) is 1.67. The summed E-state index contributed by atoms with van der Waals surface area (Å²) in [6.07, 6.45) is 1.01. The van der Waals surface area contributed by atoms with Gasteiger partial charge in [0, 0.05) is 0 Å². The molecule has 0 saturated carbocycles. The molecular weight excluding hydrogens is 288 g/mol. The van der Waals surface area contributed by atoms with Gasteiger partial charge < -0.3 is 9.47 Å². The molecule has 23 heavy (non-hydrogen) atoms. The quantitative estimate of drug-likeness (QED) is 0.559. The van der Waals surface area contributed by atoms with Crippen molar-refractivity contribution in [2.24, 2.45) is 5.92 Å². The Morgan fingerprint density at radius 3 is 2.17 bits per heavy atom. The van der Waals surface area contributed by atoms with Gasteiger partial charge in [-0.15, -0.1) is 0 Å². The first-order valence-corrected chi connectivity index (χ1v) is 7.98. The minimum Gasteiger partial charge on any atom is -0.494 e. The second-order valence-electron chi connectivity index (χ2n) is 6.17. The van der Waals surface area contributed by atoms with Gasteiger partial charge in [0.05, 0.1) is 12.2 Å². The highest BCUT2D eigenvalue weighted by Crippen LogP contribution is 2.24. The van der Waals surface area contributed by atoms with Crippen LogP contribution in [0.4, 0.5) is 0 Å². The number of carbonyl (C=O) groups is 1. The van der Waals surface area contributed by atoms with Crippen LogP contribution in [-0.4, -0.2) is 12.6 Å². The van der Waals surface area contributed by atoms with E-state index in [2.05, 4.69) is 13.8 Å². The van der Waals surface area contributed by atoms with E-state index >= 15 is 0 Å². The summed E-state index contributed by atoms with van der Waals surface area (Å²) in [4.78, 5) is 12.3. The minimum absolute atomic E-state index is 0.351. The maximum Gasteiger partial charge on any atom is 0.343 e. The van der Waals surface area contributed by atoms with Crippen molar-refractivity contribution in [3.63, 3.8) is 0 Å². The Balaban J connectivity index is 2.00. The Morgan fingerprint density at radius 2 is 1.61 bits per heavy atom. The topological polar surface area (TPSA) is 35.5 Å². The summed E-state index contributed by atoms with van der Waals surface area (Å²) in [7, 11) is 0. The number of ether oxygens (including phenoxy) is 2. The van der Waals surface area contributed by atoms with Crippen LogP contribution in [0.5, 0.6) is 11.5 Å². The number of benzene rings is 2. The molecule has 0 N–H and O–H groups in total. The van der Waals surface area contributed by atoms with Gasteiger partial charge in [-0.3, -0.25) is 0 Å². The summed E-state index contributed by atoms with van der Waals surface area (Å²) in [6.45, 7) is 8.87. The first-order chi connectivity index (χ1) is 11.0. The van der Waals surface area contributed by atoms with Gasteiger partial charge in [-0.05, 0) is 61.6 Å². The van der Waals surface area contributed by atoms with Crippen molar-refractivity contribution < 1.29 is 14.3 Å². The second kappa shape index (κ2) is 7.82. The molecule has 0 amide bonds. The minimum atomic E-state index is -0.351. The number of para-hydroxylation sites is 1. The number of hydrogen-bond acceptors (Lipinski definition) is 3. The van der Waals surface area contributed by atoms with Crippen LogP contribution in [0.1, 0.15) is 41.8 Å². The zero-order chi connectivity index (χ0) is 16.8. The van der Waals surface area contributed by atoms with Crippen LogP contribution in [0, 0.1) is 19.8 Å². The molecule has 2 rings (SSSR count).